The molecule has 0 amide bonds. The van der Waals surface area contributed by atoms with Gasteiger partial charge in [0.1, 0.15) is 19.3 Å². The Bertz CT molecular complexity index is 1820. The number of carbonyl (C=O) groups excluding carboxylic acids is 4. The lowest BCUT2D eigenvalue weighted by atomic mass is 9.99. The van der Waals surface area contributed by atoms with Crippen molar-refractivity contribution >= 4 is 39.5 Å². The van der Waals surface area contributed by atoms with Crippen LogP contribution >= 0.6 is 15.6 Å². The van der Waals surface area contributed by atoms with Crippen LogP contribution in [0.5, 0.6) is 0 Å². The van der Waals surface area contributed by atoms with E-state index in [0.29, 0.717) is 31.6 Å². The third-order valence-electron chi connectivity index (χ3n) is 17.5. The largest absolute Gasteiger partial charge is 0.472 e. The van der Waals surface area contributed by atoms with Crippen LogP contribution < -0.4 is 0 Å². The van der Waals surface area contributed by atoms with Crippen molar-refractivity contribution in [2.75, 3.05) is 39.6 Å². The first kappa shape index (κ1) is 90.1. The standard InChI is InChI=1S/C73H142O17P2/c1-9-65(7)51-43-35-27-19-16-17-21-31-40-48-56-73(78)89-68(59-83-70(75)53-45-37-29-23-22-28-36-44-52-66(8)10-2)61-87-91(79,80)85-57-67(74)58-86-92(81,82)88-62-69(60-84-71(76)54-46-38-32-24-26-34-42-50-64(5)6)90-72(77)55-47-39-30-20-15-13-11-12-14-18-25-33-41-49-63(3)4/h63-69,74H,9-62H2,1-8H3,(H,79,80)(H,81,82)/t65?,66?,67?,68-,69-/m1/s1. The summed E-state index contributed by atoms with van der Waals surface area (Å²) < 4.78 is 68.4. The van der Waals surface area contributed by atoms with Crippen LogP contribution in [0.3, 0.4) is 0 Å². The summed E-state index contributed by atoms with van der Waals surface area (Å²) in [7, 11) is -9.91. The molecule has 0 aliphatic rings. The molecule has 0 aromatic heterocycles. The predicted octanol–water partition coefficient (Wildman–Crippen LogP) is 20.9. The highest BCUT2D eigenvalue weighted by Crippen LogP contribution is 2.45. The normalized spacial score (nSPS) is 14.8. The zero-order valence-electron chi connectivity index (χ0n) is 60.2. The number of hydrogen-bond acceptors (Lipinski definition) is 15. The summed E-state index contributed by atoms with van der Waals surface area (Å²) in [6, 6.07) is 0. The van der Waals surface area contributed by atoms with Crippen molar-refractivity contribution in [1.29, 1.82) is 0 Å². The molecule has 0 spiro atoms. The van der Waals surface area contributed by atoms with E-state index in [2.05, 4.69) is 55.4 Å². The van der Waals surface area contributed by atoms with Crippen LogP contribution in [0.1, 0.15) is 364 Å². The molecule has 546 valence electrons. The molecule has 0 heterocycles. The smallest absolute Gasteiger partial charge is 0.462 e. The topological polar surface area (TPSA) is 237 Å². The molecule has 7 atom stereocenters. The molecule has 3 N–H and O–H groups in total. The highest BCUT2D eigenvalue weighted by atomic mass is 31.2. The molecule has 0 bridgehead atoms. The van der Waals surface area contributed by atoms with Gasteiger partial charge in [0.15, 0.2) is 12.2 Å². The summed E-state index contributed by atoms with van der Waals surface area (Å²) in [4.78, 5) is 72.7. The van der Waals surface area contributed by atoms with Gasteiger partial charge in [-0.2, -0.15) is 0 Å². The van der Waals surface area contributed by atoms with Gasteiger partial charge in [-0.1, -0.05) is 312 Å². The summed E-state index contributed by atoms with van der Waals surface area (Å²) in [6.07, 6.45) is 45.7. The van der Waals surface area contributed by atoms with Crippen molar-refractivity contribution in [1.82, 2.24) is 0 Å². The Labute approximate surface area is 562 Å². The molecular weight excluding hydrogens is 1210 g/mol. The van der Waals surface area contributed by atoms with E-state index in [-0.39, 0.29) is 25.7 Å². The van der Waals surface area contributed by atoms with Crippen LogP contribution in [0.25, 0.3) is 0 Å². The van der Waals surface area contributed by atoms with Gasteiger partial charge in [0.25, 0.3) is 0 Å². The number of aliphatic hydroxyl groups excluding tert-OH is 1. The van der Waals surface area contributed by atoms with Crippen LogP contribution in [0.15, 0.2) is 0 Å². The Kier molecular flexibility index (Phi) is 61.3. The van der Waals surface area contributed by atoms with E-state index < -0.39 is 97.5 Å². The van der Waals surface area contributed by atoms with Crippen molar-refractivity contribution in [2.45, 2.75) is 382 Å². The summed E-state index contributed by atoms with van der Waals surface area (Å²) in [5.41, 5.74) is 0. The van der Waals surface area contributed by atoms with Crippen molar-refractivity contribution in [2.24, 2.45) is 23.7 Å². The maximum absolute atomic E-state index is 13.0. The minimum Gasteiger partial charge on any atom is -0.462 e. The van der Waals surface area contributed by atoms with Crippen LogP contribution in [-0.2, 0) is 65.4 Å². The molecule has 0 aliphatic carbocycles. The monoisotopic (exact) mass is 1350 g/mol. The van der Waals surface area contributed by atoms with Gasteiger partial charge in [0.05, 0.1) is 26.4 Å². The van der Waals surface area contributed by atoms with Crippen LogP contribution in [0.4, 0.5) is 0 Å². The summed E-state index contributed by atoms with van der Waals surface area (Å²) in [5, 5.41) is 10.6. The van der Waals surface area contributed by atoms with Gasteiger partial charge in [-0.15, -0.1) is 0 Å². The van der Waals surface area contributed by atoms with Gasteiger partial charge in [0, 0.05) is 25.7 Å². The van der Waals surface area contributed by atoms with Gasteiger partial charge >= 0.3 is 39.5 Å². The lowest BCUT2D eigenvalue weighted by Gasteiger charge is -2.21. The van der Waals surface area contributed by atoms with E-state index in [1.807, 2.05) is 0 Å². The minimum absolute atomic E-state index is 0.105. The SMILES string of the molecule is CCC(C)CCCCCCCCCCCCC(=O)O[C@H](COC(=O)CCCCCCCCCCC(C)CC)COP(=O)(O)OCC(O)COP(=O)(O)OC[C@@H](COC(=O)CCCCCCCCCC(C)C)OC(=O)CCCCCCCCCCCCCCCC(C)C. The van der Waals surface area contributed by atoms with E-state index in [0.717, 1.165) is 114 Å². The third-order valence-corrected chi connectivity index (χ3v) is 19.4. The maximum atomic E-state index is 13.0. The quantitative estimate of drug-likeness (QED) is 0.0222. The fourth-order valence-electron chi connectivity index (χ4n) is 11.0. The van der Waals surface area contributed by atoms with Crippen molar-refractivity contribution in [3.05, 3.63) is 0 Å². The summed E-state index contributed by atoms with van der Waals surface area (Å²) in [6.45, 7) is 14.2. The average molecular weight is 1350 g/mol. The molecule has 19 heteroatoms. The van der Waals surface area contributed by atoms with E-state index >= 15 is 0 Å². The Balaban J connectivity index is 5.26. The van der Waals surface area contributed by atoms with E-state index in [4.69, 9.17) is 37.0 Å². The average Bonchev–Trinajstić information content (AvgIpc) is 2.43. The van der Waals surface area contributed by atoms with Crippen molar-refractivity contribution in [3.8, 4) is 0 Å². The van der Waals surface area contributed by atoms with E-state index in [1.165, 1.54) is 161 Å². The van der Waals surface area contributed by atoms with Gasteiger partial charge < -0.3 is 33.8 Å². The zero-order valence-corrected chi connectivity index (χ0v) is 62.0. The van der Waals surface area contributed by atoms with Crippen LogP contribution in [0.2, 0.25) is 0 Å². The first-order valence-corrected chi connectivity index (χ1v) is 40.8. The zero-order chi connectivity index (χ0) is 68.2. The number of aliphatic hydroxyl groups is 1. The molecule has 0 saturated heterocycles. The number of esters is 4. The first-order chi connectivity index (χ1) is 44.2. The van der Waals surface area contributed by atoms with Gasteiger partial charge in [-0.3, -0.25) is 37.3 Å². The number of ether oxygens (including phenoxy) is 4. The fraction of sp³-hybridized carbons (Fsp3) is 0.945. The summed E-state index contributed by atoms with van der Waals surface area (Å²) in [5.74, 6) is 0.946. The van der Waals surface area contributed by atoms with Crippen LogP contribution in [0, 0.1) is 23.7 Å². The number of unbranched alkanes of at least 4 members (excludes halogenated alkanes) is 34. The predicted molar refractivity (Wildman–Crippen MR) is 372 cm³/mol. The number of phosphoric acid groups is 2. The lowest BCUT2D eigenvalue weighted by molar-refractivity contribution is -0.161. The highest BCUT2D eigenvalue weighted by molar-refractivity contribution is 7.47. The molecule has 0 rings (SSSR count). The second-order valence-electron chi connectivity index (χ2n) is 27.8. The highest BCUT2D eigenvalue weighted by Gasteiger charge is 2.30. The Hall–Kier alpha value is -1.94. The Morgan fingerprint density at radius 3 is 0.772 bits per heavy atom. The van der Waals surface area contributed by atoms with Crippen molar-refractivity contribution < 1.29 is 80.2 Å². The van der Waals surface area contributed by atoms with Gasteiger partial charge in [0.2, 0.25) is 0 Å². The molecule has 17 nitrogen and oxygen atoms in total. The Morgan fingerprint density at radius 1 is 0.304 bits per heavy atom. The second-order valence-corrected chi connectivity index (χ2v) is 30.7. The number of hydrogen-bond donors (Lipinski definition) is 3. The fourth-order valence-corrected chi connectivity index (χ4v) is 12.5. The third kappa shape index (κ3) is 64.1. The summed E-state index contributed by atoms with van der Waals surface area (Å²) >= 11 is 0. The molecule has 5 unspecified atom stereocenters. The second kappa shape index (κ2) is 62.6. The molecule has 92 heavy (non-hydrogen) atoms. The number of rotatable bonds is 70. The number of phosphoric ester groups is 2. The minimum atomic E-state index is -4.95. The molecule has 0 aromatic rings. The van der Waals surface area contributed by atoms with Gasteiger partial charge in [-0.05, 0) is 49.4 Å². The van der Waals surface area contributed by atoms with Crippen molar-refractivity contribution in [3.63, 3.8) is 0 Å². The molecule has 0 radical (unpaired) electrons. The molecule has 0 aromatic carbocycles. The Morgan fingerprint density at radius 2 is 0.522 bits per heavy atom. The van der Waals surface area contributed by atoms with E-state index in [9.17, 15) is 43.2 Å². The number of carbonyl (C=O) groups is 4. The van der Waals surface area contributed by atoms with E-state index in [1.54, 1.807) is 0 Å². The van der Waals surface area contributed by atoms with Crippen LogP contribution in [-0.4, -0.2) is 96.7 Å². The maximum Gasteiger partial charge on any atom is 0.472 e. The lowest BCUT2D eigenvalue weighted by Crippen LogP contribution is -2.30. The molecule has 0 fully saturated rings. The molecule has 0 saturated carbocycles. The first-order valence-electron chi connectivity index (χ1n) is 37.8. The molecular formula is C73H142O17P2. The van der Waals surface area contributed by atoms with Gasteiger partial charge in [-0.25, -0.2) is 9.13 Å². The molecule has 0 aliphatic heterocycles.